The van der Waals surface area contributed by atoms with E-state index in [0.29, 0.717) is 17.9 Å². The molecule has 0 spiro atoms. The molecule has 0 radical (unpaired) electrons. The van der Waals surface area contributed by atoms with Gasteiger partial charge in [-0.25, -0.2) is 0 Å². The molecule has 0 bridgehead atoms. The molecular weight excluding hydrogens is 178 g/mol. The van der Waals surface area contributed by atoms with Gasteiger partial charge in [-0.15, -0.1) is 0 Å². The summed E-state index contributed by atoms with van der Waals surface area (Å²) in [7, 11) is 0. The van der Waals surface area contributed by atoms with Crippen molar-refractivity contribution in [2.24, 2.45) is 17.3 Å². The van der Waals surface area contributed by atoms with Crippen molar-refractivity contribution in [3.05, 3.63) is 0 Å². The van der Waals surface area contributed by atoms with Gasteiger partial charge < -0.3 is 10.4 Å². The minimum absolute atomic E-state index is 0.280. The summed E-state index contributed by atoms with van der Waals surface area (Å²) in [5.74, 6) is -0.292. The third kappa shape index (κ3) is 2.71. The van der Waals surface area contributed by atoms with Crippen LogP contribution < -0.4 is 5.32 Å². The van der Waals surface area contributed by atoms with Crippen LogP contribution in [-0.2, 0) is 4.79 Å². The molecule has 1 aliphatic carbocycles. The van der Waals surface area contributed by atoms with Crippen LogP contribution in [-0.4, -0.2) is 24.2 Å². The van der Waals surface area contributed by atoms with Crippen molar-refractivity contribution >= 4 is 5.97 Å². The Labute approximate surface area is 85.9 Å². The van der Waals surface area contributed by atoms with Gasteiger partial charge in [-0.3, -0.25) is 4.79 Å². The zero-order chi connectivity index (χ0) is 10.8. The Balaban J connectivity index is 2.19. The molecule has 1 unspecified atom stereocenters. The Morgan fingerprint density at radius 3 is 2.36 bits per heavy atom. The third-order valence-electron chi connectivity index (χ3n) is 3.47. The zero-order valence-electron chi connectivity index (χ0n) is 9.34. The largest absolute Gasteiger partial charge is 0.481 e. The van der Waals surface area contributed by atoms with Gasteiger partial charge in [-0.2, -0.15) is 0 Å². The maximum atomic E-state index is 10.6. The Hall–Kier alpha value is -0.570. The molecule has 0 saturated heterocycles. The van der Waals surface area contributed by atoms with Gasteiger partial charge in [0, 0.05) is 13.1 Å². The van der Waals surface area contributed by atoms with Gasteiger partial charge in [-0.05, 0) is 24.2 Å². The van der Waals surface area contributed by atoms with Crippen LogP contribution in [0.2, 0.25) is 0 Å². The number of carboxylic acid groups (broad SMARTS) is 1. The molecule has 0 aliphatic heterocycles. The standard InChI is InChI=1S/C11H21NO2/c1-8(2)11(4-5-11)7-12-6-9(3)10(13)14/h8-9,12H,4-7H2,1-3H3,(H,13,14). The van der Waals surface area contributed by atoms with E-state index in [1.54, 1.807) is 6.92 Å². The molecule has 0 aromatic rings. The lowest BCUT2D eigenvalue weighted by Gasteiger charge is -2.20. The monoisotopic (exact) mass is 199 g/mol. The number of nitrogens with one attached hydrogen (secondary N) is 1. The molecule has 14 heavy (non-hydrogen) atoms. The van der Waals surface area contributed by atoms with E-state index >= 15 is 0 Å². The second-order valence-electron chi connectivity index (χ2n) is 4.89. The number of rotatable bonds is 6. The lowest BCUT2D eigenvalue weighted by Crippen LogP contribution is -2.33. The van der Waals surface area contributed by atoms with Crippen molar-refractivity contribution < 1.29 is 9.90 Å². The molecule has 0 heterocycles. The second kappa shape index (κ2) is 4.30. The van der Waals surface area contributed by atoms with Crippen LogP contribution >= 0.6 is 0 Å². The fraction of sp³-hybridized carbons (Fsp3) is 0.909. The van der Waals surface area contributed by atoms with E-state index in [2.05, 4.69) is 19.2 Å². The van der Waals surface area contributed by atoms with E-state index < -0.39 is 5.97 Å². The van der Waals surface area contributed by atoms with Crippen LogP contribution in [0.4, 0.5) is 0 Å². The summed E-state index contributed by atoms with van der Waals surface area (Å²) in [5.41, 5.74) is 0.470. The summed E-state index contributed by atoms with van der Waals surface area (Å²) in [6.07, 6.45) is 2.58. The van der Waals surface area contributed by atoms with E-state index in [9.17, 15) is 4.79 Å². The molecule has 1 atom stereocenters. The summed E-state index contributed by atoms with van der Waals surface area (Å²) < 4.78 is 0. The maximum Gasteiger partial charge on any atom is 0.307 e. The molecule has 1 rings (SSSR count). The van der Waals surface area contributed by atoms with E-state index in [1.165, 1.54) is 12.8 Å². The Kier molecular flexibility index (Phi) is 3.53. The highest BCUT2D eigenvalue weighted by atomic mass is 16.4. The predicted molar refractivity (Wildman–Crippen MR) is 56.2 cm³/mol. The van der Waals surface area contributed by atoms with Crippen molar-refractivity contribution in [3.8, 4) is 0 Å². The summed E-state index contributed by atoms with van der Waals surface area (Å²) in [6.45, 7) is 7.79. The quantitative estimate of drug-likeness (QED) is 0.685. The molecule has 0 aromatic carbocycles. The Bertz CT molecular complexity index is 209. The molecule has 1 saturated carbocycles. The van der Waals surface area contributed by atoms with E-state index in [0.717, 1.165) is 6.54 Å². The fourth-order valence-electron chi connectivity index (χ4n) is 1.74. The molecule has 1 aliphatic rings. The van der Waals surface area contributed by atoms with Gasteiger partial charge in [0.15, 0.2) is 0 Å². The van der Waals surface area contributed by atoms with Crippen molar-refractivity contribution in [1.29, 1.82) is 0 Å². The normalized spacial score (nSPS) is 20.9. The van der Waals surface area contributed by atoms with Crippen LogP contribution in [0, 0.1) is 17.3 Å². The van der Waals surface area contributed by atoms with Crippen molar-refractivity contribution in [2.45, 2.75) is 33.6 Å². The number of hydrogen-bond acceptors (Lipinski definition) is 2. The van der Waals surface area contributed by atoms with Crippen molar-refractivity contribution in [1.82, 2.24) is 5.32 Å². The summed E-state index contributed by atoms with van der Waals surface area (Å²) in [5, 5.41) is 12.0. The molecular formula is C11H21NO2. The molecule has 1 fully saturated rings. The maximum absolute atomic E-state index is 10.6. The van der Waals surface area contributed by atoms with E-state index in [1.807, 2.05) is 0 Å². The topological polar surface area (TPSA) is 49.3 Å². The lowest BCUT2D eigenvalue weighted by molar-refractivity contribution is -0.140. The highest BCUT2D eigenvalue weighted by Crippen LogP contribution is 2.51. The number of carboxylic acids is 1. The summed E-state index contributed by atoms with van der Waals surface area (Å²) in [4.78, 5) is 10.6. The SMILES string of the molecule is CC(CNCC1(C(C)C)CC1)C(=O)O. The van der Waals surface area contributed by atoms with Gasteiger partial charge in [-0.1, -0.05) is 20.8 Å². The first-order chi connectivity index (χ1) is 6.48. The van der Waals surface area contributed by atoms with Crippen molar-refractivity contribution in [2.75, 3.05) is 13.1 Å². The van der Waals surface area contributed by atoms with Crippen LogP contribution in [0.25, 0.3) is 0 Å². The van der Waals surface area contributed by atoms with Gasteiger partial charge in [0.25, 0.3) is 0 Å². The highest BCUT2D eigenvalue weighted by molar-refractivity contribution is 5.69. The average molecular weight is 199 g/mol. The van der Waals surface area contributed by atoms with Gasteiger partial charge >= 0.3 is 5.97 Å². The number of aliphatic carboxylic acids is 1. The molecule has 2 N–H and O–H groups in total. The molecule has 0 aromatic heterocycles. The Morgan fingerprint density at radius 2 is 2.00 bits per heavy atom. The van der Waals surface area contributed by atoms with Gasteiger partial charge in [0.05, 0.1) is 5.92 Å². The summed E-state index contributed by atoms with van der Waals surface area (Å²) in [6, 6.07) is 0. The predicted octanol–water partition coefficient (Wildman–Crippen LogP) is 1.73. The number of carbonyl (C=O) groups is 1. The van der Waals surface area contributed by atoms with E-state index in [4.69, 9.17) is 5.11 Å². The fourth-order valence-corrected chi connectivity index (χ4v) is 1.74. The van der Waals surface area contributed by atoms with Crippen LogP contribution in [0.15, 0.2) is 0 Å². The minimum atomic E-state index is -0.716. The molecule has 3 heteroatoms. The lowest BCUT2D eigenvalue weighted by atomic mass is 9.92. The number of hydrogen-bond donors (Lipinski definition) is 2. The first kappa shape index (κ1) is 11.5. The summed E-state index contributed by atoms with van der Waals surface area (Å²) >= 11 is 0. The van der Waals surface area contributed by atoms with Crippen molar-refractivity contribution in [3.63, 3.8) is 0 Å². The van der Waals surface area contributed by atoms with Crippen LogP contribution in [0.5, 0.6) is 0 Å². The Morgan fingerprint density at radius 1 is 1.43 bits per heavy atom. The highest BCUT2D eigenvalue weighted by Gasteiger charge is 2.44. The minimum Gasteiger partial charge on any atom is -0.481 e. The first-order valence-corrected chi connectivity index (χ1v) is 5.41. The van der Waals surface area contributed by atoms with Crippen LogP contribution in [0.1, 0.15) is 33.6 Å². The molecule has 0 amide bonds. The van der Waals surface area contributed by atoms with Gasteiger partial charge in [0.2, 0.25) is 0 Å². The molecule has 82 valence electrons. The third-order valence-corrected chi connectivity index (χ3v) is 3.47. The smallest absolute Gasteiger partial charge is 0.307 e. The van der Waals surface area contributed by atoms with Crippen LogP contribution in [0.3, 0.4) is 0 Å². The first-order valence-electron chi connectivity index (χ1n) is 5.41. The van der Waals surface area contributed by atoms with E-state index in [-0.39, 0.29) is 5.92 Å². The average Bonchev–Trinajstić information content (AvgIpc) is 2.85. The zero-order valence-corrected chi connectivity index (χ0v) is 9.34. The van der Waals surface area contributed by atoms with Gasteiger partial charge in [0.1, 0.15) is 0 Å². The molecule has 3 nitrogen and oxygen atoms in total. The second-order valence-corrected chi connectivity index (χ2v) is 4.89.